The predicted octanol–water partition coefficient (Wildman–Crippen LogP) is 3.14. The minimum atomic E-state index is -0.958. The number of carbonyl (C=O) groups excluding carboxylic acids is 1. The van der Waals surface area contributed by atoms with Gasteiger partial charge in [-0.05, 0) is 50.8 Å². The first-order chi connectivity index (χ1) is 13.4. The Labute approximate surface area is 164 Å². The van der Waals surface area contributed by atoms with Crippen LogP contribution in [-0.4, -0.2) is 51.4 Å². The van der Waals surface area contributed by atoms with Crippen molar-refractivity contribution in [3.05, 3.63) is 46.8 Å². The van der Waals surface area contributed by atoms with E-state index in [-0.39, 0.29) is 17.5 Å². The Morgan fingerprint density at radius 3 is 2.57 bits per heavy atom. The number of carbonyl (C=O) groups is 2. The van der Waals surface area contributed by atoms with Crippen LogP contribution >= 0.6 is 0 Å². The van der Waals surface area contributed by atoms with E-state index in [2.05, 4.69) is 5.10 Å². The van der Waals surface area contributed by atoms with Gasteiger partial charge in [0.2, 0.25) is 5.91 Å². The summed E-state index contributed by atoms with van der Waals surface area (Å²) in [5, 5.41) is 13.4. The summed E-state index contributed by atoms with van der Waals surface area (Å²) in [7, 11) is 0. The van der Waals surface area contributed by atoms with E-state index in [0.717, 1.165) is 29.7 Å². The number of carboxylic acids is 1. The number of hydrogen-bond acceptors (Lipinski definition) is 4. The molecule has 1 aromatic heterocycles. The molecule has 1 aliphatic rings. The van der Waals surface area contributed by atoms with Crippen molar-refractivity contribution in [2.45, 2.75) is 46.1 Å². The monoisotopic (exact) mass is 385 g/mol. The molecule has 1 aliphatic heterocycles. The van der Waals surface area contributed by atoms with Gasteiger partial charge in [0.1, 0.15) is 11.3 Å². The molecule has 7 heteroatoms. The van der Waals surface area contributed by atoms with Gasteiger partial charge in [-0.3, -0.25) is 9.48 Å². The molecule has 0 bridgehead atoms. The minimum absolute atomic E-state index is 0.0900. The first-order valence-corrected chi connectivity index (χ1v) is 9.62. The van der Waals surface area contributed by atoms with Crippen molar-refractivity contribution < 1.29 is 19.4 Å². The third-order valence-corrected chi connectivity index (χ3v) is 5.36. The fourth-order valence-corrected chi connectivity index (χ4v) is 3.63. The molecule has 2 aromatic rings. The standard InChI is InChI=1S/C21H27N3O4/c1-14-4-5-15(2)19(12-14)28-11-8-20(25)23-9-6-17(7-10-23)24-16(3)18(13-22-24)21(26)27/h4-5,12-13,17H,6-11H2,1-3H3,(H,26,27). The zero-order chi connectivity index (χ0) is 20.3. The van der Waals surface area contributed by atoms with E-state index in [1.165, 1.54) is 6.20 Å². The molecule has 3 rings (SSSR count). The molecule has 0 unspecified atom stereocenters. The molecular formula is C21H27N3O4. The normalized spacial score (nSPS) is 14.9. The van der Waals surface area contributed by atoms with Crippen LogP contribution < -0.4 is 4.74 Å². The van der Waals surface area contributed by atoms with Crippen LogP contribution in [0, 0.1) is 20.8 Å². The molecule has 1 saturated heterocycles. The first-order valence-electron chi connectivity index (χ1n) is 9.62. The molecule has 7 nitrogen and oxygen atoms in total. The number of rotatable bonds is 6. The summed E-state index contributed by atoms with van der Waals surface area (Å²) in [6.45, 7) is 7.45. The van der Waals surface area contributed by atoms with Crippen LogP contribution in [0.15, 0.2) is 24.4 Å². The summed E-state index contributed by atoms with van der Waals surface area (Å²) >= 11 is 0. The van der Waals surface area contributed by atoms with Gasteiger partial charge in [0.25, 0.3) is 0 Å². The number of hydrogen-bond donors (Lipinski definition) is 1. The number of nitrogens with zero attached hydrogens (tertiary/aromatic N) is 3. The zero-order valence-electron chi connectivity index (χ0n) is 16.6. The molecule has 1 N–H and O–H groups in total. The minimum Gasteiger partial charge on any atom is -0.493 e. The van der Waals surface area contributed by atoms with E-state index in [9.17, 15) is 14.7 Å². The lowest BCUT2D eigenvalue weighted by Gasteiger charge is -2.32. The fourth-order valence-electron chi connectivity index (χ4n) is 3.63. The number of piperidine rings is 1. The highest BCUT2D eigenvalue weighted by Gasteiger charge is 2.26. The Bertz CT molecular complexity index is 867. The zero-order valence-corrected chi connectivity index (χ0v) is 16.6. The predicted molar refractivity (Wildman–Crippen MR) is 105 cm³/mol. The number of aryl methyl sites for hydroxylation is 2. The maximum atomic E-state index is 12.5. The summed E-state index contributed by atoms with van der Waals surface area (Å²) in [6.07, 6.45) is 3.29. The molecule has 0 saturated carbocycles. The van der Waals surface area contributed by atoms with Crippen molar-refractivity contribution in [3.8, 4) is 5.75 Å². The van der Waals surface area contributed by atoms with Gasteiger partial charge in [-0.25, -0.2) is 4.79 Å². The quantitative estimate of drug-likeness (QED) is 0.826. The molecular weight excluding hydrogens is 358 g/mol. The summed E-state index contributed by atoms with van der Waals surface area (Å²) in [5.41, 5.74) is 3.10. The molecule has 1 aromatic carbocycles. The Morgan fingerprint density at radius 2 is 1.93 bits per heavy atom. The van der Waals surface area contributed by atoms with Gasteiger partial charge in [-0.2, -0.15) is 5.10 Å². The molecule has 0 radical (unpaired) electrons. The van der Waals surface area contributed by atoms with Crippen LogP contribution in [0.25, 0.3) is 0 Å². The number of carboxylic acid groups (broad SMARTS) is 1. The largest absolute Gasteiger partial charge is 0.493 e. The highest BCUT2D eigenvalue weighted by Crippen LogP contribution is 2.25. The number of benzene rings is 1. The van der Waals surface area contributed by atoms with Gasteiger partial charge in [0.15, 0.2) is 0 Å². The number of aromatic nitrogens is 2. The number of likely N-dealkylation sites (tertiary alicyclic amines) is 1. The van der Waals surface area contributed by atoms with E-state index < -0.39 is 5.97 Å². The topological polar surface area (TPSA) is 84.7 Å². The number of ether oxygens (including phenoxy) is 1. The van der Waals surface area contributed by atoms with Gasteiger partial charge < -0.3 is 14.7 Å². The summed E-state index contributed by atoms with van der Waals surface area (Å²) < 4.78 is 7.58. The van der Waals surface area contributed by atoms with Gasteiger partial charge in [0, 0.05) is 13.1 Å². The van der Waals surface area contributed by atoms with Crippen molar-refractivity contribution in [2.24, 2.45) is 0 Å². The summed E-state index contributed by atoms with van der Waals surface area (Å²) in [4.78, 5) is 25.5. The molecule has 150 valence electrons. The van der Waals surface area contributed by atoms with Crippen LogP contribution in [0.1, 0.15) is 52.5 Å². The number of amides is 1. The Balaban J connectivity index is 1.49. The van der Waals surface area contributed by atoms with Crippen LogP contribution in [0.3, 0.4) is 0 Å². The highest BCUT2D eigenvalue weighted by molar-refractivity contribution is 5.88. The highest BCUT2D eigenvalue weighted by atomic mass is 16.5. The molecule has 0 spiro atoms. The average Bonchev–Trinajstić information content (AvgIpc) is 3.06. The maximum Gasteiger partial charge on any atom is 0.339 e. The van der Waals surface area contributed by atoms with E-state index in [1.807, 2.05) is 36.9 Å². The van der Waals surface area contributed by atoms with Crippen molar-refractivity contribution in [3.63, 3.8) is 0 Å². The lowest BCUT2D eigenvalue weighted by atomic mass is 10.0. The van der Waals surface area contributed by atoms with Crippen molar-refractivity contribution in [2.75, 3.05) is 19.7 Å². The van der Waals surface area contributed by atoms with E-state index in [0.29, 0.717) is 31.8 Å². The van der Waals surface area contributed by atoms with Crippen LogP contribution in [-0.2, 0) is 4.79 Å². The molecule has 0 atom stereocenters. The second kappa shape index (κ2) is 8.46. The molecule has 1 amide bonds. The Hall–Kier alpha value is -2.83. The molecule has 2 heterocycles. The summed E-state index contributed by atoms with van der Waals surface area (Å²) in [6, 6.07) is 6.18. The third kappa shape index (κ3) is 4.35. The van der Waals surface area contributed by atoms with Gasteiger partial charge in [-0.1, -0.05) is 12.1 Å². The maximum absolute atomic E-state index is 12.5. The smallest absolute Gasteiger partial charge is 0.339 e. The third-order valence-electron chi connectivity index (χ3n) is 5.36. The second-order valence-electron chi connectivity index (χ2n) is 7.37. The number of aromatic carboxylic acids is 1. The van der Waals surface area contributed by atoms with Crippen LogP contribution in [0.2, 0.25) is 0 Å². The van der Waals surface area contributed by atoms with Crippen molar-refractivity contribution >= 4 is 11.9 Å². The Morgan fingerprint density at radius 1 is 1.21 bits per heavy atom. The van der Waals surface area contributed by atoms with Crippen molar-refractivity contribution in [1.29, 1.82) is 0 Å². The van der Waals surface area contributed by atoms with Gasteiger partial charge >= 0.3 is 5.97 Å². The van der Waals surface area contributed by atoms with Crippen LogP contribution in [0.5, 0.6) is 5.75 Å². The molecule has 0 aliphatic carbocycles. The van der Waals surface area contributed by atoms with Crippen LogP contribution in [0.4, 0.5) is 0 Å². The summed E-state index contributed by atoms with van der Waals surface area (Å²) in [5.74, 6) is -0.0396. The lowest BCUT2D eigenvalue weighted by molar-refractivity contribution is -0.133. The van der Waals surface area contributed by atoms with E-state index in [1.54, 1.807) is 11.6 Å². The van der Waals surface area contributed by atoms with Gasteiger partial charge in [-0.15, -0.1) is 0 Å². The Kier molecular flexibility index (Phi) is 6.02. The average molecular weight is 385 g/mol. The SMILES string of the molecule is Cc1ccc(C)c(OCCC(=O)N2CCC(n3ncc(C(=O)O)c3C)CC2)c1. The first kappa shape index (κ1) is 19.9. The lowest BCUT2D eigenvalue weighted by Crippen LogP contribution is -2.39. The van der Waals surface area contributed by atoms with Gasteiger partial charge in [0.05, 0.1) is 31.0 Å². The fraction of sp³-hybridized carbons (Fsp3) is 0.476. The molecule has 1 fully saturated rings. The second-order valence-corrected chi connectivity index (χ2v) is 7.37. The molecule has 28 heavy (non-hydrogen) atoms. The van der Waals surface area contributed by atoms with E-state index in [4.69, 9.17) is 4.74 Å². The van der Waals surface area contributed by atoms with E-state index >= 15 is 0 Å². The van der Waals surface area contributed by atoms with Crippen molar-refractivity contribution in [1.82, 2.24) is 14.7 Å².